The van der Waals surface area contributed by atoms with Gasteiger partial charge < -0.3 is 15.2 Å². The Morgan fingerprint density at radius 1 is 0.649 bits per heavy atom. The van der Waals surface area contributed by atoms with Gasteiger partial charge in [0.05, 0.1) is 0 Å². The van der Waals surface area contributed by atoms with E-state index in [0.29, 0.717) is 6.54 Å². The van der Waals surface area contributed by atoms with E-state index in [-0.39, 0.29) is 0 Å². The van der Waals surface area contributed by atoms with Gasteiger partial charge in [0, 0.05) is 23.6 Å². The van der Waals surface area contributed by atoms with E-state index in [1.807, 2.05) is 0 Å². The number of para-hydroxylation sites is 2. The van der Waals surface area contributed by atoms with Crippen LogP contribution in [-0.4, -0.2) is 20.2 Å². The molecule has 0 saturated heterocycles. The van der Waals surface area contributed by atoms with E-state index in [1.54, 1.807) is 7.05 Å². The summed E-state index contributed by atoms with van der Waals surface area (Å²) in [6.45, 7) is 2.44. The van der Waals surface area contributed by atoms with Crippen LogP contribution in [0.5, 0.6) is 0 Å². The maximum Gasteiger partial charge on any atom is 0.0462 e. The quantitative estimate of drug-likeness (QED) is 0.246. The zero-order chi connectivity index (χ0) is 25.4. The second kappa shape index (κ2) is 9.49. The van der Waals surface area contributed by atoms with E-state index in [0.717, 1.165) is 21.9 Å². The number of benzene rings is 5. The number of fused-ring (bicyclic) bond motifs is 2. The topological polar surface area (TPSA) is 29.5 Å². The van der Waals surface area contributed by atoms with Gasteiger partial charge in [-0.05, 0) is 57.4 Å². The minimum absolute atomic E-state index is 0.365. The Hall–Kier alpha value is -3.96. The predicted octanol–water partition coefficient (Wildman–Crippen LogP) is 5.09. The number of rotatable bonds is 5. The first-order chi connectivity index (χ1) is 18.1. The number of aryl methyl sites for hydroxylation is 1. The lowest BCUT2D eigenvalue weighted by atomic mass is 10.1. The molecule has 4 heteroatoms. The van der Waals surface area contributed by atoms with Crippen LogP contribution < -0.4 is 25.6 Å². The average molecular weight is 498 g/mol. The van der Waals surface area contributed by atoms with Crippen LogP contribution >= 0.6 is 0 Å². The Labute approximate surface area is 219 Å². The highest BCUT2D eigenvalue weighted by atomic mass is 28.3. The Morgan fingerprint density at radius 2 is 1.14 bits per heavy atom. The first-order valence-corrected chi connectivity index (χ1v) is 14.7. The largest absolute Gasteiger partial charge is 0.785 e. The lowest BCUT2D eigenvalue weighted by Crippen LogP contribution is -2.77. The summed E-state index contributed by atoms with van der Waals surface area (Å²) < 4.78 is 0. The second-order valence-corrected chi connectivity index (χ2v) is 13.5. The van der Waals surface area contributed by atoms with E-state index in [1.165, 1.54) is 32.1 Å². The molecule has 0 amide bonds. The van der Waals surface area contributed by atoms with Gasteiger partial charge in [0.25, 0.3) is 0 Å². The summed E-state index contributed by atoms with van der Waals surface area (Å²) in [6, 6.07) is 46.3. The van der Waals surface area contributed by atoms with Crippen molar-refractivity contribution in [2.75, 3.05) is 11.9 Å². The number of hydrogen-bond acceptors (Lipinski definition) is 3. The molecule has 5 aromatic rings. The van der Waals surface area contributed by atoms with E-state index in [4.69, 9.17) is 0 Å². The lowest BCUT2D eigenvalue weighted by molar-refractivity contribution is 0.452. The normalized spacial score (nSPS) is 13.8. The zero-order valence-corrected chi connectivity index (χ0v) is 22.1. The molecule has 0 bridgehead atoms. The molecular formula is C33H29N2OSi-2. The minimum atomic E-state index is -2.60. The molecule has 0 aliphatic carbocycles. The van der Waals surface area contributed by atoms with E-state index < -0.39 is 8.07 Å². The predicted molar refractivity (Wildman–Crippen MR) is 158 cm³/mol. The van der Waals surface area contributed by atoms with Gasteiger partial charge in [0.2, 0.25) is 0 Å². The average Bonchev–Trinajstić information content (AvgIpc) is 2.94. The molecule has 0 aromatic heterocycles. The molecule has 37 heavy (non-hydrogen) atoms. The monoisotopic (exact) mass is 497 g/mol. The van der Waals surface area contributed by atoms with Crippen molar-refractivity contribution in [3.63, 3.8) is 0 Å². The van der Waals surface area contributed by atoms with Gasteiger partial charge in [-0.25, -0.2) is 0 Å². The summed E-state index contributed by atoms with van der Waals surface area (Å²) >= 11 is 0. The van der Waals surface area contributed by atoms with Crippen molar-refractivity contribution in [3.8, 4) is 0 Å². The van der Waals surface area contributed by atoms with Crippen LogP contribution in [0, 0.1) is 12.1 Å². The highest BCUT2D eigenvalue weighted by Crippen LogP contribution is 2.38. The molecule has 0 radical (unpaired) electrons. The fourth-order valence-electron chi connectivity index (χ4n) is 5.90. The van der Waals surface area contributed by atoms with Crippen LogP contribution in [-0.2, 0) is 6.54 Å². The first kappa shape index (κ1) is 23.4. The number of hydrogen-bond donors (Lipinski definition) is 0. The summed E-state index contributed by atoms with van der Waals surface area (Å²) in [4.78, 5) is 2.38. The fourth-order valence-corrected chi connectivity index (χ4v) is 11.0. The molecule has 0 spiro atoms. The third-order valence-corrected chi connectivity index (χ3v) is 12.4. The molecule has 0 saturated carbocycles. The molecule has 183 valence electrons. The van der Waals surface area contributed by atoms with Crippen molar-refractivity contribution in [1.29, 1.82) is 0 Å². The maximum atomic E-state index is 12.0. The van der Waals surface area contributed by atoms with Crippen LogP contribution in [0.4, 0.5) is 17.1 Å². The van der Waals surface area contributed by atoms with E-state index >= 15 is 0 Å². The molecule has 3 nitrogen and oxygen atoms in total. The van der Waals surface area contributed by atoms with Gasteiger partial charge in [0.1, 0.15) is 0 Å². The van der Waals surface area contributed by atoms with Crippen molar-refractivity contribution in [1.82, 2.24) is 5.06 Å². The zero-order valence-electron chi connectivity index (χ0n) is 21.1. The van der Waals surface area contributed by atoms with Crippen LogP contribution in [0.25, 0.3) is 0 Å². The lowest BCUT2D eigenvalue weighted by Gasteiger charge is -2.54. The smallest absolute Gasteiger partial charge is 0.0462 e. The summed E-state index contributed by atoms with van der Waals surface area (Å²) in [5.41, 5.74) is 5.65. The molecule has 0 fully saturated rings. The van der Waals surface area contributed by atoms with Crippen molar-refractivity contribution in [2.24, 2.45) is 0 Å². The van der Waals surface area contributed by atoms with E-state index in [9.17, 15) is 5.21 Å². The van der Waals surface area contributed by atoms with E-state index in [2.05, 4.69) is 139 Å². The molecule has 1 heterocycles. The van der Waals surface area contributed by atoms with Crippen LogP contribution in [0.15, 0.2) is 127 Å². The molecule has 0 atom stereocenters. The Morgan fingerprint density at radius 3 is 1.65 bits per heavy atom. The van der Waals surface area contributed by atoms with Crippen molar-refractivity contribution < 1.29 is 0 Å². The third kappa shape index (κ3) is 3.82. The van der Waals surface area contributed by atoms with Gasteiger partial charge in [-0.1, -0.05) is 103 Å². The van der Waals surface area contributed by atoms with Crippen molar-refractivity contribution in [3.05, 3.63) is 144 Å². The number of nitrogens with zero attached hydrogens (tertiary/aromatic N) is 2. The molecule has 5 aromatic carbocycles. The summed E-state index contributed by atoms with van der Waals surface area (Å²) in [6.07, 6.45) is 0. The van der Waals surface area contributed by atoms with Crippen LogP contribution in [0.1, 0.15) is 11.1 Å². The Kier molecular flexibility index (Phi) is 6.01. The van der Waals surface area contributed by atoms with Crippen LogP contribution in [0.3, 0.4) is 0 Å². The third-order valence-electron chi connectivity index (χ3n) is 7.50. The summed E-state index contributed by atoms with van der Waals surface area (Å²) in [5, 5.41) is 18.4. The molecule has 0 unspecified atom stereocenters. The van der Waals surface area contributed by atoms with Gasteiger partial charge in [-0.15, -0.1) is 10.4 Å². The first-order valence-electron chi connectivity index (χ1n) is 12.7. The van der Waals surface area contributed by atoms with Crippen molar-refractivity contribution >= 4 is 45.9 Å². The summed E-state index contributed by atoms with van der Waals surface area (Å²) in [7, 11) is -1.02. The number of hydroxylamine groups is 2. The highest BCUT2D eigenvalue weighted by molar-refractivity contribution is 7.21. The standard InChI is InChI=1S/C33H29N2OSi/c1-25-21-22-27(23-26(25)24-34(2)36)35-30-17-9-11-19-32(30)37(28-13-5-3-6-14-28,29-15-7-4-8-16-29)33-20-12-10-18-31(33)35/h3-23H,24H2,1-2H3/q-2. The second-order valence-electron chi connectivity index (χ2n) is 9.75. The van der Waals surface area contributed by atoms with Gasteiger partial charge in [-0.2, -0.15) is 10.4 Å². The molecular weight excluding hydrogens is 468 g/mol. The Bertz CT molecular complexity index is 1460. The SMILES string of the molecule is Cc1ccc(N2c3ccccc3[Si-](c3ccccc3)(c3ccccc3)c3ccccc32)cc1CN(C)[O-]. The molecule has 6 rings (SSSR count). The highest BCUT2D eigenvalue weighted by Gasteiger charge is 2.37. The number of anilines is 3. The molecule has 1 aliphatic heterocycles. The maximum absolute atomic E-state index is 12.0. The Balaban J connectivity index is 1.69. The van der Waals surface area contributed by atoms with Crippen LogP contribution in [0.2, 0.25) is 0 Å². The van der Waals surface area contributed by atoms with Gasteiger partial charge in [0.15, 0.2) is 0 Å². The molecule has 1 aliphatic rings. The summed E-state index contributed by atoms with van der Waals surface area (Å²) in [5.74, 6) is 0. The van der Waals surface area contributed by atoms with Crippen molar-refractivity contribution in [2.45, 2.75) is 13.5 Å². The molecule has 0 N–H and O–H groups in total. The van der Waals surface area contributed by atoms with Gasteiger partial charge >= 0.3 is 0 Å². The van der Waals surface area contributed by atoms with Gasteiger partial charge in [-0.3, -0.25) is 0 Å². The minimum Gasteiger partial charge on any atom is -0.785 e. The fraction of sp³-hybridized carbons (Fsp3) is 0.0909.